The smallest absolute Gasteiger partial charge is 0.233 e. The summed E-state index contributed by atoms with van der Waals surface area (Å²) in [4.78, 5) is 0. The zero-order valence-electron chi connectivity index (χ0n) is 10.0. The Hall–Kier alpha value is -1.16. The minimum atomic E-state index is 0.109. The third-order valence-corrected chi connectivity index (χ3v) is 2.32. The Kier molecular flexibility index (Phi) is 3.63. The van der Waals surface area contributed by atoms with Crippen molar-refractivity contribution in [1.29, 1.82) is 0 Å². The number of rotatable bonds is 3. The largest absolute Gasteiger partial charge is 0.480 e. The average molecular weight is 209 g/mol. The zero-order chi connectivity index (χ0) is 11.5. The van der Waals surface area contributed by atoms with E-state index < -0.39 is 0 Å². The summed E-state index contributed by atoms with van der Waals surface area (Å²) in [5.41, 5.74) is 1.05. The van der Waals surface area contributed by atoms with E-state index in [2.05, 4.69) is 36.3 Å². The van der Waals surface area contributed by atoms with E-state index >= 15 is 0 Å². The monoisotopic (exact) mass is 209 g/mol. The maximum Gasteiger partial charge on any atom is 0.233 e. The molecule has 0 saturated heterocycles. The molecule has 1 atom stereocenters. The Labute approximate surface area is 91.1 Å². The highest BCUT2D eigenvalue weighted by molar-refractivity contribution is 5.15. The summed E-state index contributed by atoms with van der Waals surface area (Å²) in [7, 11) is 3.52. The van der Waals surface area contributed by atoms with Gasteiger partial charge >= 0.3 is 0 Å². The molecule has 84 valence electrons. The fourth-order valence-corrected chi connectivity index (χ4v) is 1.62. The summed E-state index contributed by atoms with van der Waals surface area (Å²) in [6, 6.07) is 3.97. The molecular weight excluding hydrogens is 190 g/mol. The molecule has 0 aliphatic rings. The van der Waals surface area contributed by atoms with E-state index in [0.29, 0.717) is 5.88 Å². The summed E-state index contributed by atoms with van der Waals surface area (Å²) in [6.07, 6.45) is 0. The quantitative estimate of drug-likeness (QED) is 0.824. The summed E-state index contributed by atoms with van der Waals surface area (Å²) >= 11 is 0. The molecule has 4 nitrogen and oxygen atoms in total. The molecule has 0 aromatic carbocycles. The number of hydrogen-bond donors (Lipinski definition) is 1. The molecule has 0 fully saturated rings. The van der Waals surface area contributed by atoms with Crippen molar-refractivity contribution in [3.63, 3.8) is 0 Å². The lowest BCUT2D eigenvalue weighted by molar-refractivity contribution is 0.278. The molecule has 0 amide bonds. The van der Waals surface area contributed by atoms with Crippen LogP contribution in [0.1, 0.15) is 32.5 Å². The fraction of sp³-hybridized carbons (Fsp3) is 0.636. The number of methoxy groups -OCH3 is 1. The molecule has 1 aromatic heterocycles. The van der Waals surface area contributed by atoms with Crippen molar-refractivity contribution in [3.05, 3.63) is 17.8 Å². The van der Waals surface area contributed by atoms with Crippen molar-refractivity contribution in [3.8, 4) is 5.88 Å². The van der Waals surface area contributed by atoms with Crippen LogP contribution in [0.5, 0.6) is 5.88 Å². The van der Waals surface area contributed by atoms with Gasteiger partial charge in [-0.05, 0) is 18.5 Å². The number of nitrogens with zero attached hydrogens (tertiary/aromatic N) is 2. The molecule has 1 aromatic rings. The second kappa shape index (κ2) is 4.57. The van der Waals surface area contributed by atoms with Crippen molar-refractivity contribution in [2.24, 2.45) is 5.41 Å². The minimum Gasteiger partial charge on any atom is -0.480 e. The molecule has 15 heavy (non-hydrogen) atoms. The molecule has 0 radical (unpaired) electrons. The van der Waals surface area contributed by atoms with E-state index in [1.165, 1.54) is 0 Å². The SMILES string of the molecule is CNC(c1ccc(OC)nn1)C(C)(C)C. The van der Waals surface area contributed by atoms with Crippen LogP contribution in [-0.4, -0.2) is 24.4 Å². The maximum absolute atomic E-state index is 4.97. The Morgan fingerprint density at radius 1 is 1.27 bits per heavy atom. The van der Waals surface area contributed by atoms with Gasteiger partial charge in [-0.2, -0.15) is 5.10 Å². The molecule has 4 heteroatoms. The molecule has 0 aliphatic carbocycles. The van der Waals surface area contributed by atoms with Crippen molar-refractivity contribution in [2.45, 2.75) is 26.8 Å². The lowest BCUT2D eigenvalue weighted by Gasteiger charge is -2.29. The van der Waals surface area contributed by atoms with E-state index in [1.807, 2.05) is 19.2 Å². The van der Waals surface area contributed by atoms with Gasteiger partial charge in [0.15, 0.2) is 0 Å². The van der Waals surface area contributed by atoms with E-state index in [4.69, 9.17) is 4.74 Å². The highest BCUT2D eigenvalue weighted by Crippen LogP contribution is 2.31. The molecule has 0 bridgehead atoms. The van der Waals surface area contributed by atoms with E-state index in [1.54, 1.807) is 7.11 Å². The molecule has 0 saturated carbocycles. The van der Waals surface area contributed by atoms with Crippen molar-refractivity contribution >= 4 is 0 Å². The zero-order valence-corrected chi connectivity index (χ0v) is 10.0. The predicted octanol–water partition coefficient (Wildman–Crippen LogP) is 1.79. The van der Waals surface area contributed by atoms with Gasteiger partial charge in [0.1, 0.15) is 0 Å². The highest BCUT2D eigenvalue weighted by Gasteiger charge is 2.26. The van der Waals surface area contributed by atoms with Gasteiger partial charge in [0, 0.05) is 6.07 Å². The molecule has 1 rings (SSSR count). The minimum absolute atomic E-state index is 0.109. The van der Waals surface area contributed by atoms with E-state index in [-0.39, 0.29) is 11.5 Å². The third-order valence-electron chi connectivity index (χ3n) is 2.32. The van der Waals surface area contributed by atoms with Gasteiger partial charge in [0.25, 0.3) is 0 Å². The summed E-state index contributed by atoms with van der Waals surface area (Å²) in [6.45, 7) is 6.50. The summed E-state index contributed by atoms with van der Waals surface area (Å²) < 4.78 is 4.97. The number of ether oxygens (including phenoxy) is 1. The number of hydrogen-bond acceptors (Lipinski definition) is 4. The number of nitrogens with one attached hydrogen (secondary N) is 1. The molecule has 0 aliphatic heterocycles. The molecule has 1 unspecified atom stereocenters. The first-order chi connectivity index (χ1) is 6.99. The first-order valence-corrected chi connectivity index (χ1v) is 5.04. The summed E-state index contributed by atoms with van der Waals surface area (Å²) in [5.74, 6) is 0.544. The topological polar surface area (TPSA) is 47.0 Å². The van der Waals surface area contributed by atoms with Crippen LogP contribution >= 0.6 is 0 Å². The second-order valence-corrected chi connectivity index (χ2v) is 4.59. The van der Waals surface area contributed by atoms with Crippen LogP contribution in [0.2, 0.25) is 0 Å². The molecule has 0 spiro atoms. The molecule has 1 heterocycles. The van der Waals surface area contributed by atoms with Crippen LogP contribution in [0, 0.1) is 5.41 Å². The normalized spacial score (nSPS) is 13.7. The van der Waals surface area contributed by atoms with E-state index in [0.717, 1.165) is 5.69 Å². The van der Waals surface area contributed by atoms with Gasteiger partial charge in [-0.1, -0.05) is 20.8 Å². The van der Waals surface area contributed by atoms with Crippen LogP contribution < -0.4 is 10.1 Å². The Bertz CT molecular complexity index is 303. The fourth-order valence-electron chi connectivity index (χ4n) is 1.62. The molecular formula is C11H19N3O. The second-order valence-electron chi connectivity index (χ2n) is 4.59. The van der Waals surface area contributed by atoms with Crippen LogP contribution in [0.15, 0.2) is 12.1 Å². The Morgan fingerprint density at radius 2 is 1.93 bits per heavy atom. The summed E-state index contributed by atoms with van der Waals surface area (Å²) in [5, 5.41) is 11.4. The van der Waals surface area contributed by atoms with Gasteiger partial charge < -0.3 is 10.1 Å². The Morgan fingerprint density at radius 3 is 2.27 bits per heavy atom. The van der Waals surface area contributed by atoms with Gasteiger partial charge in [-0.15, -0.1) is 5.10 Å². The first-order valence-electron chi connectivity index (χ1n) is 5.04. The molecule has 1 N–H and O–H groups in total. The van der Waals surface area contributed by atoms with Crippen molar-refractivity contribution in [2.75, 3.05) is 14.2 Å². The standard InChI is InChI=1S/C11H19N3O/c1-11(2,3)10(12-4)8-6-7-9(15-5)14-13-8/h6-7,10,12H,1-5H3. The highest BCUT2D eigenvalue weighted by atomic mass is 16.5. The lowest BCUT2D eigenvalue weighted by Crippen LogP contribution is -2.30. The van der Waals surface area contributed by atoms with Crippen molar-refractivity contribution in [1.82, 2.24) is 15.5 Å². The van der Waals surface area contributed by atoms with Gasteiger partial charge in [0.2, 0.25) is 5.88 Å². The van der Waals surface area contributed by atoms with Gasteiger partial charge in [0.05, 0.1) is 18.8 Å². The lowest BCUT2D eigenvalue weighted by atomic mass is 9.85. The van der Waals surface area contributed by atoms with Gasteiger partial charge in [-0.3, -0.25) is 0 Å². The third kappa shape index (κ3) is 2.89. The van der Waals surface area contributed by atoms with Crippen LogP contribution in [0.25, 0.3) is 0 Å². The average Bonchev–Trinajstić information content (AvgIpc) is 2.18. The van der Waals surface area contributed by atoms with Crippen LogP contribution in [-0.2, 0) is 0 Å². The number of aromatic nitrogens is 2. The van der Waals surface area contributed by atoms with E-state index in [9.17, 15) is 0 Å². The first kappa shape index (κ1) is 11.9. The maximum atomic E-state index is 4.97. The predicted molar refractivity (Wildman–Crippen MR) is 59.8 cm³/mol. The van der Waals surface area contributed by atoms with Crippen LogP contribution in [0.4, 0.5) is 0 Å². The van der Waals surface area contributed by atoms with Gasteiger partial charge in [-0.25, -0.2) is 0 Å². The van der Waals surface area contributed by atoms with Crippen molar-refractivity contribution < 1.29 is 4.74 Å². The van der Waals surface area contributed by atoms with Crippen LogP contribution in [0.3, 0.4) is 0 Å². The Balaban J connectivity index is 2.93.